The number of aliphatic carboxylic acids is 1. The van der Waals surface area contributed by atoms with Gasteiger partial charge in [-0.1, -0.05) is 54.6 Å². The number of hydrogen-bond donors (Lipinski definition) is 2. The maximum Gasteiger partial charge on any atom is 0.330 e. The van der Waals surface area contributed by atoms with Gasteiger partial charge in [-0.25, -0.2) is 9.00 Å². The fraction of sp³-hybridized carbons (Fsp3) is 0.345. The van der Waals surface area contributed by atoms with Gasteiger partial charge >= 0.3 is 5.97 Å². The molecule has 1 saturated heterocycles. The molecule has 202 valence electrons. The number of anilines is 1. The van der Waals surface area contributed by atoms with Crippen LogP contribution in [0.4, 0.5) is 5.69 Å². The van der Waals surface area contributed by atoms with Crippen molar-refractivity contribution in [3.63, 3.8) is 0 Å². The first-order valence-electron chi connectivity index (χ1n) is 12.7. The van der Waals surface area contributed by atoms with E-state index >= 15 is 0 Å². The van der Waals surface area contributed by atoms with E-state index in [4.69, 9.17) is 9.47 Å². The van der Waals surface area contributed by atoms with Gasteiger partial charge < -0.3 is 19.5 Å². The zero-order valence-electron chi connectivity index (χ0n) is 21.5. The fourth-order valence-electron chi connectivity index (χ4n) is 4.86. The van der Waals surface area contributed by atoms with Crippen molar-refractivity contribution < 1.29 is 28.1 Å². The quantitative estimate of drug-likeness (QED) is 0.252. The smallest absolute Gasteiger partial charge is 0.330 e. The molecule has 1 heterocycles. The Labute approximate surface area is 226 Å². The lowest BCUT2D eigenvalue weighted by atomic mass is 9.86. The second-order valence-corrected chi connectivity index (χ2v) is 10.2. The topological polar surface area (TPSA) is 99.5 Å². The molecule has 38 heavy (non-hydrogen) atoms. The number of hydrogen-bond acceptors (Lipinski definition) is 5. The van der Waals surface area contributed by atoms with Gasteiger partial charge in [0.1, 0.15) is 5.75 Å². The predicted octanol–water partition coefficient (Wildman–Crippen LogP) is 4.83. The Morgan fingerprint density at radius 1 is 0.974 bits per heavy atom. The van der Waals surface area contributed by atoms with E-state index in [0.717, 1.165) is 39.7 Å². The summed E-state index contributed by atoms with van der Waals surface area (Å²) in [6.45, 7) is 2.99. The van der Waals surface area contributed by atoms with Crippen molar-refractivity contribution in [3.05, 3.63) is 84.4 Å². The summed E-state index contributed by atoms with van der Waals surface area (Å²) in [6.07, 6.45) is 1.30. The van der Waals surface area contributed by atoms with Crippen LogP contribution in [0, 0.1) is 0 Å². The minimum Gasteiger partial charge on any atom is -0.497 e. The molecule has 1 fully saturated rings. The summed E-state index contributed by atoms with van der Waals surface area (Å²) in [5, 5.41) is 10.3. The number of benzene rings is 3. The van der Waals surface area contributed by atoms with Crippen molar-refractivity contribution in [3.8, 4) is 16.9 Å². The number of likely N-dealkylation sites (tertiary alicyclic amines) is 1. The Morgan fingerprint density at radius 2 is 1.58 bits per heavy atom. The van der Waals surface area contributed by atoms with Gasteiger partial charge in [0.15, 0.2) is 5.54 Å². The van der Waals surface area contributed by atoms with Gasteiger partial charge in [0, 0.05) is 26.2 Å². The third-order valence-corrected chi connectivity index (χ3v) is 7.90. The van der Waals surface area contributed by atoms with E-state index in [1.165, 1.54) is 0 Å². The van der Waals surface area contributed by atoms with E-state index < -0.39 is 22.8 Å². The highest BCUT2D eigenvalue weighted by Gasteiger charge is 2.49. The van der Waals surface area contributed by atoms with Crippen LogP contribution < -0.4 is 9.04 Å². The normalized spacial score (nSPS) is 16.1. The predicted molar refractivity (Wildman–Crippen MR) is 148 cm³/mol. The molecule has 0 spiro atoms. The lowest BCUT2D eigenvalue weighted by molar-refractivity contribution is -0.144. The lowest BCUT2D eigenvalue weighted by Gasteiger charge is -2.44. The number of carboxylic acid groups (broad SMARTS) is 1. The van der Waals surface area contributed by atoms with E-state index in [1.54, 1.807) is 19.2 Å². The molecule has 1 aliphatic heterocycles. The molecule has 8 nitrogen and oxygen atoms in total. The minimum absolute atomic E-state index is 0.236. The minimum atomic E-state index is -2.51. The molecule has 2 N–H and O–H groups in total. The number of piperidine rings is 1. The summed E-state index contributed by atoms with van der Waals surface area (Å²) in [7, 11) is 1.61. The first kappa shape index (κ1) is 27.8. The first-order valence-corrected chi connectivity index (χ1v) is 13.7. The van der Waals surface area contributed by atoms with Crippen LogP contribution >= 0.6 is 0 Å². The van der Waals surface area contributed by atoms with Gasteiger partial charge in [0.25, 0.3) is 11.3 Å². The Morgan fingerprint density at radius 3 is 2.13 bits per heavy atom. The molecule has 9 heteroatoms. The standard InChI is InChI=1S/C29H34N2O6S/c1-36-27-14-10-25(11-15-27)24-8-12-26(13-9-24)31(38(34)35)29(28(32)33)16-19-30(20-17-29)18-5-21-37-22-23-6-3-2-4-7-23/h2-4,6-15H,5,16-22H2,1H3,(H,32,33)(H,34,35). The third kappa shape index (κ3) is 6.60. The number of ether oxygens (including phenoxy) is 2. The van der Waals surface area contributed by atoms with Crippen LogP contribution in [0.15, 0.2) is 78.9 Å². The zero-order chi connectivity index (χ0) is 27.0. The average Bonchev–Trinajstić information content (AvgIpc) is 2.94. The van der Waals surface area contributed by atoms with Crippen LogP contribution in [0.3, 0.4) is 0 Å². The molecule has 0 aliphatic carbocycles. The number of nitrogens with zero attached hydrogens (tertiary/aromatic N) is 2. The van der Waals surface area contributed by atoms with Crippen LogP contribution in [-0.2, 0) is 27.4 Å². The Balaban J connectivity index is 1.38. The SMILES string of the molecule is COc1ccc(-c2ccc(N(S(=O)O)C3(C(=O)O)CCN(CCCOCc4ccccc4)CC3)cc2)cc1. The van der Waals surface area contributed by atoms with Gasteiger partial charge in [0.2, 0.25) is 0 Å². The summed E-state index contributed by atoms with van der Waals surface area (Å²) < 4.78 is 34.8. The highest BCUT2D eigenvalue weighted by Crippen LogP contribution is 2.36. The van der Waals surface area contributed by atoms with Gasteiger partial charge in [-0.05, 0) is 60.2 Å². The molecule has 0 radical (unpaired) electrons. The van der Waals surface area contributed by atoms with Crippen molar-refractivity contribution in [1.29, 1.82) is 0 Å². The molecule has 3 aromatic carbocycles. The molecule has 3 aromatic rings. The van der Waals surface area contributed by atoms with Crippen molar-refractivity contribution >= 4 is 22.9 Å². The van der Waals surface area contributed by atoms with Crippen LogP contribution in [-0.4, -0.2) is 63.6 Å². The van der Waals surface area contributed by atoms with E-state index in [9.17, 15) is 18.7 Å². The highest BCUT2D eigenvalue weighted by atomic mass is 32.2. The van der Waals surface area contributed by atoms with Gasteiger partial charge in [0.05, 0.1) is 19.4 Å². The Bertz CT molecular complexity index is 1200. The van der Waals surface area contributed by atoms with Crippen LogP contribution in [0.25, 0.3) is 11.1 Å². The van der Waals surface area contributed by atoms with E-state index in [2.05, 4.69) is 4.90 Å². The molecule has 0 saturated carbocycles. The summed E-state index contributed by atoms with van der Waals surface area (Å²) >= 11 is -2.51. The molecule has 4 rings (SSSR count). The number of methoxy groups -OCH3 is 1. The molecule has 0 aromatic heterocycles. The van der Waals surface area contributed by atoms with Crippen LogP contribution in [0.5, 0.6) is 5.75 Å². The van der Waals surface area contributed by atoms with Crippen LogP contribution in [0.2, 0.25) is 0 Å². The zero-order valence-corrected chi connectivity index (χ0v) is 22.3. The second kappa shape index (κ2) is 13.0. The molecular weight excluding hydrogens is 504 g/mol. The Kier molecular flexibility index (Phi) is 9.52. The summed E-state index contributed by atoms with van der Waals surface area (Å²) in [5.74, 6) is -0.341. The lowest BCUT2D eigenvalue weighted by Crippen LogP contribution is -2.61. The van der Waals surface area contributed by atoms with Crippen LogP contribution in [0.1, 0.15) is 24.8 Å². The molecule has 0 amide bonds. The largest absolute Gasteiger partial charge is 0.497 e. The van der Waals surface area contributed by atoms with Gasteiger partial charge in [-0.15, -0.1) is 0 Å². The second-order valence-electron chi connectivity index (χ2n) is 9.37. The van der Waals surface area contributed by atoms with Crippen molar-refractivity contribution in [1.82, 2.24) is 4.90 Å². The summed E-state index contributed by atoms with van der Waals surface area (Å²) in [5.41, 5.74) is 1.93. The van der Waals surface area contributed by atoms with E-state index in [-0.39, 0.29) is 12.8 Å². The van der Waals surface area contributed by atoms with Gasteiger partial charge in [-0.3, -0.25) is 8.86 Å². The number of rotatable bonds is 12. The fourth-order valence-corrected chi connectivity index (χ4v) is 5.73. The number of carbonyl (C=O) groups is 1. The average molecular weight is 539 g/mol. The first-order chi connectivity index (χ1) is 18.4. The summed E-state index contributed by atoms with van der Waals surface area (Å²) in [6, 6.07) is 24.6. The Hall–Kier alpha value is -3.24. The number of carboxylic acids is 1. The monoisotopic (exact) mass is 538 g/mol. The molecule has 1 atom stereocenters. The molecule has 1 unspecified atom stereocenters. The highest BCUT2D eigenvalue weighted by molar-refractivity contribution is 7.80. The van der Waals surface area contributed by atoms with Crippen molar-refractivity contribution in [2.24, 2.45) is 0 Å². The molecule has 1 aliphatic rings. The van der Waals surface area contributed by atoms with E-state index in [1.807, 2.05) is 66.7 Å². The third-order valence-electron chi connectivity index (χ3n) is 7.03. The molecular formula is C29H34N2O6S. The van der Waals surface area contributed by atoms with Crippen molar-refractivity contribution in [2.45, 2.75) is 31.4 Å². The maximum absolute atomic E-state index is 12.5. The molecule has 0 bridgehead atoms. The van der Waals surface area contributed by atoms with Gasteiger partial charge in [-0.2, -0.15) is 0 Å². The summed E-state index contributed by atoms with van der Waals surface area (Å²) in [4.78, 5) is 14.7. The van der Waals surface area contributed by atoms with E-state index in [0.29, 0.717) is 32.0 Å². The van der Waals surface area contributed by atoms with Crippen molar-refractivity contribution in [2.75, 3.05) is 37.7 Å². The maximum atomic E-state index is 12.5.